The average molecular weight is 981 g/mol. The number of amides is 1. The van der Waals surface area contributed by atoms with Crippen LogP contribution < -0.4 is 5.32 Å². The monoisotopic (exact) mass is 980 g/mol. The zero-order chi connectivity index (χ0) is 50.1. The normalized spacial score (nSPS) is 19.4. The van der Waals surface area contributed by atoms with Crippen LogP contribution in [0.25, 0.3) is 0 Å². The number of aliphatic hydroxyl groups is 5. The first-order valence-corrected chi connectivity index (χ1v) is 30.4. The van der Waals surface area contributed by atoms with Crippen molar-refractivity contribution in [2.24, 2.45) is 0 Å². The molecule has 0 saturated carbocycles. The highest BCUT2D eigenvalue weighted by molar-refractivity contribution is 5.76. The van der Waals surface area contributed by atoms with Crippen molar-refractivity contribution in [1.82, 2.24) is 5.32 Å². The quantitative estimate of drug-likeness (QED) is 0.0261. The lowest BCUT2D eigenvalue weighted by molar-refractivity contribution is -0.302. The van der Waals surface area contributed by atoms with Crippen LogP contribution in [0.1, 0.15) is 309 Å². The summed E-state index contributed by atoms with van der Waals surface area (Å²) in [5.41, 5.74) is 0. The fraction of sp³-hybridized carbons (Fsp3) is 0.950. The predicted molar refractivity (Wildman–Crippen MR) is 291 cm³/mol. The summed E-state index contributed by atoms with van der Waals surface area (Å²) in [7, 11) is 0. The highest BCUT2D eigenvalue weighted by Crippen LogP contribution is 2.23. The maximum atomic E-state index is 12.9. The van der Waals surface area contributed by atoms with Crippen LogP contribution in [0.15, 0.2) is 12.2 Å². The molecule has 410 valence electrons. The molecule has 0 aromatic heterocycles. The molecular formula is C60H117NO8. The number of aliphatic hydroxyl groups excluding tert-OH is 5. The molecular weight excluding hydrogens is 863 g/mol. The molecule has 1 saturated heterocycles. The molecule has 1 aliphatic heterocycles. The van der Waals surface area contributed by atoms with Gasteiger partial charge in [0, 0.05) is 6.42 Å². The maximum absolute atomic E-state index is 12.9. The summed E-state index contributed by atoms with van der Waals surface area (Å²) in [6.07, 6.45) is 56.5. The number of ether oxygens (including phenoxy) is 2. The van der Waals surface area contributed by atoms with Crippen molar-refractivity contribution in [1.29, 1.82) is 0 Å². The van der Waals surface area contributed by atoms with E-state index in [9.17, 15) is 30.3 Å². The molecule has 0 aromatic rings. The third kappa shape index (κ3) is 40.1. The largest absolute Gasteiger partial charge is 0.394 e. The van der Waals surface area contributed by atoms with Gasteiger partial charge in [-0.05, 0) is 19.3 Å². The van der Waals surface area contributed by atoms with Crippen molar-refractivity contribution < 1.29 is 39.8 Å². The van der Waals surface area contributed by atoms with Crippen molar-refractivity contribution in [2.45, 2.75) is 352 Å². The van der Waals surface area contributed by atoms with Crippen molar-refractivity contribution in [2.75, 3.05) is 13.2 Å². The van der Waals surface area contributed by atoms with E-state index < -0.39 is 49.5 Å². The molecule has 1 rings (SSSR count). The molecule has 0 bridgehead atoms. The molecule has 1 amide bonds. The fourth-order valence-electron chi connectivity index (χ4n) is 10.0. The SMILES string of the molecule is CCCCCCC/C=C/C(O)C(COC1OC(CO)C(O)C(O)C1O)NC(=O)CCCCCCCCCCCCCCCCCCCCCCCCCCCCCCCCCCCCCCCCC. The molecule has 69 heavy (non-hydrogen) atoms. The summed E-state index contributed by atoms with van der Waals surface area (Å²) in [6.45, 7) is 3.74. The summed E-state index contributed by atoms with van der Waals surface area (Å²) in [6, 6.07) is -0.797. The molecule has 9 heteroatoms. The van der Waals surface area contributed by atoms with Crippen LogP contribution in [0, 0.1) is 0 Å². The second-order valence-corrected chi connectivity index (χ2v) is 21.5. The van der Waals surface area contributed by atoms with Crippen molar-refractivity contribution in [3.63, 3.8) is 0 Å². The van der Waals surface area contributed by atoms with Gasteiger partial charge in [-0.15, -0.1) is 0 Å². The van der Waals surface area contributed by atoms with E-state index in [1.54, 1.807) is 6.08 Å². The van der Waals surface area contributed by atoms with E-state index in [4.69, 9.17) is 9.47 Å². The molecule has 1 heterocycles. The van der Waals surface area contributed by atoms with Crippen molar-refractivity contribution in [3.8, 4) is 0 Å². The molecule has 9 nitrogen and oxygen atoms in total. The number of nitrogens with one attached hydrogen (secondary N) is 1. The Kier molecular flexibility index (Phi) is 48.2. The summed E-state index contributed by atoms with van der Waals surface area (Å²) in [4.78, 5) is 12.9. The molecule has 1 aliphatic rings. The Morgan fingerprint density at radius 2 is 0.797 bits per heavy atom. The number of hydrogen-bond donors (Lipinski definition) is 6. The van der Waals surface area contributed by atoms with Gasteiger partial charge in [-0.2, -0.15) is 0 Å². The molecule has 0 radical (unpaired) electrons. The topological polar surface area (TPSA) is 149 Å². The second kappa shape index (κ2) is 50.5. The van der Waals surface area contributed by atoms with Gasteiger partial charge in [0.15, 0.2) is 6.29 Å². The van der Waals surface area contributed by atoms with Gasteiger partial charge < -0.3 is 40.3 Å². The lowest BCUT2D eigenvalue weighted by Crippen LogP contribution is -2.60. The van der Waals surface area contributed by atoms with E-state index in [1.807, 2.05) is 6.08 Å². The fourth-order valence-corrected chi connectivity index (χ4v) is 10.0. The molecule has 0 spiro atoms. The van der Waals surface area contributed by atoms with Crippen molar-refractivity contribution in [3.05, 3.63) is 12.2 Å². The smallest absolute Gasteiger partial charge is 0.220 e. The zero-order valence-electron chi connectivity index (χ0n) is 45.6. The number of hydrogen-bond acceptors (Lipinski definition) is 8. The van der Waals surface area contributed by atoms with Crippen LogP contribution in [-0.4, -0.2) is 87.5 Å². The van der Waals surface area contributed by atoms with Gasteiger partial charge in [0.25, 0.3) is 0 Å². The third-order valence-corrected chi connectivity index (χ3v) is 14.9. The number of carbonyl (C=O) groups is 1. The minimum absolute atomic E-state index is 0.175. The Bertz CT molecular complexity index is 1090. The van der Waals surface area contributed by atoms with Gasteiger partial charge in [-0.25, -0.2) is 0 Å². The van der Waals surface area contributed by atoms with E-state index >= 15 is 0 Å². The van der Waals surface area contributed by atoms with Crippen molar-refractivity contribution >= 4 is 5.91 Å². The average Bonchev–Trinajstić information content (AvgIpc) is 3.35. The first kappa shape index (κ1) is 65.9. The van der Waals surface area contributed by atoms with Gasteiger partial charge in [-0.1, -0.05) is 296 Å². The number of rotatable bonds is 53. The second-order valence-electron chi connectivity index (χ2n) is 21.5. The van der Waals surface area contributed by atoms with Gasteiger partial charge in [0.05, 0.1) is 25.4 Å². The highest BCUT2D eigenvalue weighted by atomic mass is 16.7. The van der Waals surface area contributed by atoms with E-state index in [-0.39, 0.29) is 12.5 Å². The lowest BCUT2D eigenvalue weighted by Gasteiger charge is -2.40. The summed E-state index contributed by atoms with van der Waals surface area (Å²) < 4.78 is 11.2. The van der Waals surface area contributed by atoms with E-state index in [0.29, 0.717) is 6.42 Å². The molecule has 6 N–H and O–H groups in total. The van der Waals surface area contributed by atoms with Gasteiger partial charge in [-0.3, -0.25) is 4.79 Å². The highest BCUT2D eigenvalue weighted by Gasteiger charge is 2.44. The Morgan fingerprint density at radius 1 is 0.478 bits per heavy atom. The third-order valence-electron chi connectivity index (χ3n) is 14.9. The molecule has 7 atom stereocenters. The minimum Gasteiger partial charge on any atom is -0.394 e. The Labute approximate surface area is 426 Å². The Balaban J connectivity index is 1.93. The number of unbranched alkanes of at least 4 members (excludes halogenated alkanes) is 43. The van der Waals surface area contributed by atoms with Gasteiger partial charge in [0.1, 0.15) is 24.4 Å². The van der Waals surface area contributed by atoms with Crippen LogP contribution in [0.5, 0.6) is 0 Å². The Morgan fingerprint density at radius 3 is 1.13 bits per heavy atom. The maximum Gasteiger partial charge on any atom is 0.220 e. The minimum atomic E-state index is -1.56. The number of allylic oxidation sites excluding steroid dienone is 1. The standard InChI is InChI=1S/C60H117NO8/c1-3-5-7-9-11-12-13-14-15-16-17-18-19-20-21-22-23-24-25-26-27-28-29-30-31-32-33-34-35-36-37-38-39-40-41-42-44-46-48-50-56(64)61-53(54(63)49-47-45-43-10-8-6-4-2)52-68-60-59(67)58(66)57(65)55(51-62)69-60/h47,49,53-55,57-60,62-63,65-67H,3-46,48,50-52H2,1-2H3,(H,61,64)/b49-47+. The summed E-state index contributed by atoms with van der Waals surface area (Å²) in [5, 5.41) is 54.1. The van der Waals surface area contributed by atoms with E-state index in [1.165, 1.54) is 250 Å². The lowest BCUT2D eigenvalue weighted by atomic mass is 9.99. The zero-order valence-corrected chi connectivity index (χ0v) is 45.6. The van der Waals surface area contributed by atoms with Crippen LogP contribution in [0.3, 0.4) is 0 Å². The number of carbonyl (C=O) groups excluding carboxylic acids is 1. The van der Waals surface area contributed by atoms with Gasteiger partial charge >= 0.3 is 0 Å². The van der Waals surface area contributed by atoms with Crippen LogP contribution in [-0.2, 0) is 14.3 Å². The predicted octanol–water partition coefficient (Wildman–Crippen LogP) is 15.2. The van der Waals surface area contributed by atoms with Gasteiger partial charge in [0.2, 0.25) is 5.91 Å². The van der Waals surface area contributed by atoms with Crippen LogP contribution in [0.2, 0.25) is 0 Å². The van der Waals surface area contributed by atoms with Crippen LogP contribution >= 0.6 is 0 Å². The van der Waals surface area contributed by atoms with E-state index in [0.717, 1.165) is 38.5 Å². The first-order chi connectivity index (χ1) is 33.8. The van der Waals surface area contributed by atoms with E-state index in [2.05, 4.69) is 19.2 Å². The summed E-state index contributed by atoms with van der Waals surface area (Å²) in [5.74, 6) is -0.175. The Hall–Kier alpha value is -1.07. The first-order valence-electron chi connectivity index (χ1n) is 30.4. The molecule has 0 aliphatic carbocycles. The molecule has 7 unspecified atom stereocenters. The molecule has 1 fully saturated rings. The van der Waals surface area contributed by atoms with Crippen LogP contribution in [0.4, 0.5) is 0 Å². The molecule has 0 aromatic carbocycles. The summed E-state index contributed by atoms with van der Waals surface area (Å²) >= 11 is 0.